The third-order valence-corrected chi connectivity index (χ3v) is 5.56. The molecule has 1 N–H and O–H groups in total. The van der Waals surface area contributed by atoms with E-state index in [1.807, 2.05) is 11.3 Å². The van der Waals surface area contributed by atoms with Gasteiger partial charge in [-0.3, -0.25) is 0 Å². The molecule has 2 aliphatic rings. The maximum absolute atomic E-state index is 4.91. The minimum Gasteiger partial charge on any atom is -0.345 e. The predicted molar refractivity (Wildman–Crippen MR) is 81.9 cm³/mol. The summed E-state index contributed by atoms with van der Waals surface area (Å²) in [6.45, 7) is 8.84. The van der Waals surface area contributed by atoms with Gasteiger partial charge >= 0.3 is 0 Å². The molecular weight excluding hydrogens is 254 g/mol. The van der Waals surface area contributed by atoms with E-state index in [1.165, 1.54) is 41.5 Å². The summed E-state index contributed by atoms with van der Waals surface area (Å²) in [4.78, 5) is 8.93. The highest BCUT2D eigenvalue weighted by molar-refractivity contribution is 7.15. The first-order chi connectivity index (χ1) is 9.17. The van der Waals surface area contributed by atoms with Crippen LogP contribution < -0.4 is 10.2 Å². The van der Waals surface area contributed by atoms with Crippen LogP contribution in [0.15, 0.2) is 0 Å². The molecule has 1 aromatic heterocycles. The van der Waals surface area contributed by atoms with Crippen molar-refractivity contribution in [2.75, 3.05) is 11.4 Å². The number of hydrogen-bond donors (Lipinski definition) is 1. The summed E-state index contributed by atoms with van der Waals surface area (Å²) in [5.74, 6) is 0.941. The Bertz CT molecular complexity index is 441. The molecule has 2 heterocycles. The maximum Gasteiger partial charge on any atom is 0.186 e. The van der Waals surface area contributed by atoms with E-state index in [2.05, 4.69) is 31.0 Å². The van der Waals surface area contributed by atoms with Crippen molar-refractivity contribution in [1.82, 2.24) is 10.3 Å². The highest BCUT2D eigenvalue weighted by Crippen LogP contribution is 2.42. The number of nitrogens with zero attached hydrogens (tertiary/aromatic N) is 2. The van der Waals surface area contributed by atoms with E-state index in [1.54, 1.807) is 0 Å². The zero-order valence-electron chi connectivity index (χ0n) is 12.3. The largest absolute Gasteiger partial charge is 0.345 e. The summed E-state index contributed by atoms with van der Waals surface area (Å²) in [5.41, 5.74) is 1.30. The SMILES string of the molecule is CCc1nc(N2CC3CCC2C3)sc1CNC(C)C. The van der Waals surface area contributed by atoms with Crippen LogP contribution >= 0.6 is 11.3 Å². The van der Waals surface area contributed by atoms with Gasteiger partial charge in [0.25, 0.3) is 0 Å². The lowest BCUT2D eigenvalue weighted by Crippen LogP contribution is -2.31. The standard InChI is InChI=1S/C15H25N3S/c1-4-13-14(8-16-10(2)3)19-15(17-13)18-9-11-5-6-12(18)7-11/h10-12,16H,4-9H2,1-3H3. The maximum atomic E-state index is 4.91. The van der Waals surface area contributed by atoms with Crippen LogP contribution in [0.5, 0.6) is 0 Å². The van der Waals surface area contributed by atoms with Gasteiger partial charge in [-0.05, 0) is 31.6 Å². The van der Waals surface area contributed by atoms with Gasteiger partial charge in [-0.25, -0.2) is 4.98 Å². The van der Waals surface area contributed by atoms with Gasteiger partial charge in [0.15, 0.2) is 5.13 Å². The minimum absolute atomic E-state index is 0.540. The van der Waals surface area contributed by atoms with Crippen LogP contribution in [-0.2, 0) is 13.0 Å². The van der Waals surface area contributed by atoms with E-state index in [9.17, 15) is 0 Å². The minimum atomic E-state index is 0.540. The summed E-state index contributed by atoms with van der Waals surface area (Å²) in [6.07, 6.45) is 5.27. The zero-order valence-corrected chi connectivity index (χ0v) is 13.1. The van der Waals surface area contributed by atoms with Crippen LogP contribution in [0.3, 0.4) is 0 Å². The van der Waals surface area contributed by atoms with Gasteiger partial charge in [0, 0.05) is 30.1 Å². The average molecular weight is 279 g/mol. The lowest BCUT2D eigenvalue weighted by atomic mass is 10.1. The Morgan fingerprint density at radius 1 is 1.42 bits per heavy atom. The van der Waals surface area contributed by atoms with Gasteiger partial charge in [-0.2, -0.15) is 0 Å². The van der Waals surface area contributed by atoms with Crippen molar-refractivity contribution in [3.63, 3.8) is 0 Å². The molecule has 106 valence electrons. The molecule has 2 unspecified atom stereocenters. The Hall–Kier alpha value is -0.610. The Morgan fingerprint density at radius 3 is 2.84 bits per heavy atom. The molecule has 4 heteroatoms. The van der Waals surface area contributed by atoms with Crippen molar-refractivity contribution in [2.45, 2.75) is 65.1 Å². The van der Waals surface area contributed by atoms with Crippen LogP contribution in [0.1, 0.15) is 50.6 Å². The number of rotatable bonds is 5. The van der Waals surface area contributed by atoms with Gasteiger partial charge in [-0.15, -0.1) is 11.3 Å². The lowest BCUT2D eigenvalue weighted by molar-refractivity contribution is 0.552. The number of fused-ring (bicyclic) bond motifs is 2. The summed E-state index contributed by atoms with van der Waals surface area (Å²) in [7, 11) is 0. The molecule has 2 bridgehead atoms. The van der Waals surface area contributed by atoms with Gasteiger partial charge in [0.05, 0.1) is 5.69 Å². The first-order valence-electron chi connectivity index (χ1n) is 7.66. The van der Waals surface area contributed by atoms with Crippen molar-refractivity contribution in [2.24, 2.45) is 5.92 Å². The van der Waals surface area contributed by atoms with Crippen molar-refractivity contribution in [3.05, 3.63) is 10.6 Å². The molecule has 3 rings (SSSR count). The average Bonchev–Trinajstić information content (AvgIpc) is 3.10. The molecule has 2 fully saturated rings. The zero-order chi connectivity index (χ0) is 13.4. The van der Waals surface area contributed by atoms with E-state index >= 15 is 0 Å². The normalized spacial score (nSPS) is 25.8. The van der Waals surface area contributed by atoms with E-state index in [-0.39, 0.29) is 0 Å². The van der Waals surface area contributed by atoms with Crippen molar-refractivity contribution in [1.29, 1.82) is 0 Å². The predicted octanol–water partition coefficient (Wildman–Crippen LogP) is 3.19. The summed E-state index contributed by atoms with van der Waals surface area (Å²) >= 11 is 1.92. The summed E-state index contributed by atoms with van der Waals surface area (Å²) < 4.78 is 0. The lowest BCUT2D eigenvalue weighted by Gasteiger charge is -2.26. The number of aryl methyl sites for hydroxylation is 1. The quantitative estimate of drug-likeness (QED) is 0.897. The Labute approximate surface area is 120 Å². The molecule has 0 spiro atoms. The fourth-order valence-corrected chi connectivity index (χ4v) is 4.54. The molecule has 0 radical (unpaired) electrons. The van der Waals surface area contributed by atoms with Gasteiger partial charge < -0.3 is 10.2 Å². The Morgan fingerprint density at radius 2 is 2.26 bits per heavy atom. The second kappa shape index (κ2) is 5.41. The number of aromatic nitrogens is 1. The number of anilines is 1. The first-order valence-corrected chi connectivity index (χ1v) is 8.47. The summed E-state index contributed by atoms with van der Waals surface area (Å²) in [5, 5.41) is 4.81. The molecule has 1 aromatic rings. The molecular formula is C15H25N3S. The monoisotopic (exact) mass is 279 g/mol. The molecule has 1 saturated carbocycles. The highest BCUT2D eigenvalue weighted by atomic mass is 32.1. The van der Waals surface area contributed by atoms with Crippen LogP contribution in [0, 0.1) is 5.92 Å². The van der Waals surface area contributed by atoms with Crippen LogP contribution in [0.25, 0.3) is 0 Å². The highest BCUT2D eigenvalue weighted by Gasteiger charge is 2.39. The molecule has 1 aliphatic heterocycles. The molecule has 0 amide bonds. The number of piperidine rings is 1. The number of nitrogens with one attached hydrogen (secondary N) is 1. The van der Waals surface area contributed by atoms with E-state index < -0.39 is 0 Å². The van der Waals surface area contributed by atoms with Crippen molar-refractivity contribution >= 4 is 16.5 Å². The Kier molecular flexibility index (Phi) is 3.81. The topological polar surface area (TPSA) is 28.2 Å². The van der Waals surface area contributed by atoms with Gasteiger partial charge in [0.2, 0.25) is 0 Å². The fourth-order valence-electron chi connectivity index (χ4n) is 3.36. The molecule has 19 heavy (non-hydrogen) atoms. The molecule has 0 aromatic carbocycles. The van der Waals surface area contributed by atoms with Crippen LogP contribution in [-0.4, -0.2) is 23.6 Å². The van der Waals surface area contributed by atoms with E-state index in [4.69, 9.17) is 4.98 Å². The first kappa shape index (κ1) is 13.4. The van der Waals surface area contributed by atoms with Crippen LogP contribution in [0.4, 0.5) is 5.13 Å². The van der Waals surface area contributed by atoms with Crippen molar-refractivity contribution < 1.29 is 0 Å². The molecule has 1 aliphatic carbocycles. The second-order valence-corrected chi connectivity index (χ2v) is 7.30. The third-order valence-electron chi connectivity index (χ3n) is 4.43. The molecule has 1 saturated heterocycles. The Balaban J connectivity index is 1.75. The summed E-state index contributed by atoms with van der Waals surface area (Å²) in [6, 6.07) is 1.32. The third kappa shape index (κ3) is 2.65. The second-order valence-electron chi connectivity index (χ2n) is 6.24. The molecule has 3 nitrogen and oxygen atoms in total. The smallest absolute Gasteiger partial charge is 0.186 e. The number of thiazole rings is 1. The number of hydrogen-bond acceptors (Lipinski definition) is 4. The van der Waals surface area contributed by atoms with Crippen molar-refractivity contribution in [3.8, 4) is 0 Å². The fraction of sp³-hybridized carbons (Fsp3) is 0.800. The van der Waals surface area contributed by atoms with E-state index in [0.717, 1.165) is 24.9 Å². The van der Waals surface area contributed by atoms with E-state index in [0.29, 0.717) is 6.04 Å². The van der Waals surface area contributed by atoms with Crippen LogP contribution in [0.2, 0.25) is 0 Å². The molecule has 2 atom stereocenters. The van der Waals surface area contributed by atoms with Gasteiger partial charge in [-0.1, -0.05) is 20.8 Å². The van der Waals surface area contributed by atoms with Gasteiger partial charge in [0.1, 0.15) is 0 Å².